The minimum atomic E-state index is -0.432. The summed E-state index contributed by atoms with van der Waals surface area (Å²) >= 11 is 6.19. The van der Waals surface area contributed by atoms with Gasteiger partial charge in [-0.3, -0.25) is 9.48 Å². The number of hydrogen-bond donors (Lipinski definition) is 1. The number of allylic oxidation sites excluding steroid dienone is 2. The lowest BCUT2D eigenvalue weighted by Crippen LogP contribution is -2.32. The van der Waals surface area contributed by atoms with E-state index in [9.17, 15) is 4.79 Å². The highest BCUT2D eigenvalue weighted by Crippen LogP contribution is 2.31. The van der Waals surface area contributed by atoms with Gasteiger partial charge in [0.05, 0.1) is 22.8 Å². The van der Waals surface area contributed by atoms with Gasteiger partial charge in [-0.25, -0.2) is 0 Å². The number of carbonyl (C=O) groups is 1. The molecule has 138 valence electrons. The van der Waals surface area contributed by atoms with Crippen LogP contribution in [-0.4, -0.2) is 34.2 Å². The Morgan fingerprint density at radius 3 is 2.70 bits per heavy atom. The van der Waals surface area contributed by atoms with Crippen molar-refractivity contribution in [1.82, 2.24) is 14.7 Å². The molecule has 1 aromatic carbocycles. The van der Waals surface area contributed by atoms with Gasteiger partial charge in [-0.2, -0.15) is 10.4 Å². The van der Waals surface area contributed by atoms with Crippen LogP contribution >= 0.6 is 11.6 Å². The molecule has 27 heavy (non-hydrogen) atoms. The van der Waals surface area contributed by atoms with Crippen LogP contribution in [0.15, 0.2) is 41.6 Å². The van der Waals surface area contributed by atoms with Gasteiger partial charge < -0.3 is 10.6 Å². The zero-order chi connectivity index (χ0) is 19.7. The summed E-state index contributed by atoms with van der Waals surface area (Å²) < 4.78 is 1.94. The Hall–Kier alpha value is -3.04. The maximum Gasteiger partial charge on any atom is 0.264 e. The van der Waals surface area contributed by atoms with Crippen LogP contribution in [0.3, 0.4) is 0 Å². The number of nitrogens with two attached hydrogens (primary N) is 1. The summed E-state index contributed by atoms with van der Waals surface area (Å²) in [6.45, 7) is 5.20. The highest BCUT2D eigenvalue weighted by Gasteiger charge is 2.19. The Balaban J connectivity index is 1.92. The second-order valence-corrected chi connectivity index (χ2v) is 7.01. The van der Waals surface area contributed by atoms with Crippen molar-refractivity contribution >= 4 is 17.5 Å². The molecule has 0 unspecified atom stereocenters. The van der Waals surface area contributed by atoms with Crippen molar-refractivity contribution in [3.8, 4) is 17.2 Å². The van der Waals surface area contributed by atoms with Crippen LogP contribution in [-0.2, 0) is 11.3 Å². The summed E-state index contributed by atoms with van der Waals surface area (Å²) in [6.07, 6.45) is 3.67. The van der Waals surface area contributed by atoms with Gasteiger partial charge >= 0.3 is 0 Å². The van der Waals surface area contributed by atoms with Gasteiger partial charge in [-0.1, -0.05) is 23.7 Å². The molecule has 0 aliphatic carbocycles. The van der Waals surface area contributed by atoms with Crippen molar-refractivity contribution in [1.29, 1.82) is 5.26 Å². The largest absolute Gasteiger partial charge is 0.366 e. The van der Waals surface area contributed by atoms with Crippen molar-refractivity contribution in [2.75, 3.05) is 13.6 Å². The van der Waals surface area contributed by atoms with E-state index in [4.69, 9.17) is 22.6 Å². The predicted octanol–water partition coefficient (Wildman–Crippen LogP) is 2.93. The van der Waals surface area contributed by atoms with E-state index < -0.39 is 5.91 Å². The molecule has 0 bridgehead atoms. The molecule has 6 nitrogen and oxygen atoms in total. The van der Waals surface area contributed by atoms with E-state index in [0.717, 1.165) is 28.1 Å². The van der Waals surface area contributed by atoms with E-state index in [1.54, 1.807) is 18.2 Å². The van der Waals surface area contributed by atoms with Crippen LogP contribution in [0.2, 0.25) is 5.02 Å². The zero-order valence-electron chi connectivity index (χ0n) is 15.5. The van der Waals surface area contributed by atoms with Crippen LogP contribution in [0.1, 0.15) is 17.0 Å². The fourth-order valence-electron chi connectivity index (χ4n) is 3.36. The second kappa shape index (κ2) is 7.29. The third-order valence-corrected chi connectivity index (χ3v) is 5.01. The third kappa shape index (κ3) is 3.60. The molecule has 0 saturated heterocycles. The Bertz CT molecular complexity index is 1030. The molecule has 2 aromatic rings. The summed E-state index contributed by atoms with van der Waals surface area (Å²) in [6, 6.07) is 7.49. The summed E-state index contributed by atoms with van der Waals surface area (Å²) in [5, 5.41) is 14.2. The van der Waals surface area contributed by atoms with E-state index in [1.165, 1.54) is 0 Å². The highest BCUT2D eigenvalue weighted by molar-refractivity contribution is 6.32. The third-order valence-electron chi connectivity index (χ3n) is 4.69. The molecule has 0 saturated carbocycles. The number of rotatable bonds is 4. The van der Waals surface area contributed by atoms with Crippen LogP contribution in [0.4, 0.5) is 0 Å². The number of amides is 1. The van der Waals surface area contributed by atoms with E-state index in [0.29, 0.717) is 29.4 Å². The van der Waals surface area contributed by atoms with Crippen molar-refractivity contribution in [3.63, 3.8) is 0 Å². The predicted molar refractivity (Wildman–Crippen MR) is 105 cm³/mol. The molecule has 0 spiro atoms. The highest BCUT2D eigenvalue weighted by atomic mass is 35.5. The molecule has 1 aromatic heterocycles. The summed E-state index contributed by atoms with van der Waals surface area (Å²) in [5.74, 6) is -0.432. The van der Waals surface area contributed by atoms with Gasteiger partial charge in [0, 0.05) is 24.8 Å². The number of benzene rings is 1. The first-order valence-electron chi connectivity index (χ1n) is 8.46. The lowest BCUT2D eigenvalue weighted by Gasteiger charge is -2.25. The molecule has 1 aliphatic rings. The number of halogens is 1. The number of aryl methyl sites for hydroxylation is 1. The van der Waals surface area contributed by atoms with Gasteiger partial charge in [0.25, 0.3) is 5.91 Å². The van der Waals surface area contributed by atoms with Gasteiger partial charge in [-0.05, 0) is 43.2 Å². The molecule has 7 heteroatoms. The molecule has 1 amide bonds. The number of nitrogens with zero attached hydrogens (tertiary/aromatic N) is 4. The van der Waals surface area contributed by atoms with Crippen molar-refractivity contribution < 1.29 is 4.79 Å². The molecular formula is C20H20ClN5O. The monoisotopic (exact) mass is 381 g/mol. The number of nitriles is 1. The Morgan fingerprint density at radius 1 is 1.37 bits per heavy atom. The normalized spacial score (nSPS) is 13.8. The first kappa shape index (κ1) is 18.7. The number of primary amides is 1. The average molecular weight is 382 g/mol. The summed E-state index contributed by atoms with van der Waals surface area (Å²) in [5.41, 5.74) is 11.3. The van der Waals surface area contributed by atoms with Crippen molar-refractivity contribution in [2.45, 2.75) is 20.4 Å². The topological polar surface area (TPSA) is 87.9 Å². The second-order valence-electron chi connectivity index (χ2n) is 6.61. The molecule has 1 aliphatic heterocycles. The zero-order valence-corrected chi connectivity index (χ0v) is 16.2. The maximum absolute atomic E-state index is 11.4. The fraction of sp³-hybridized carbons (Fsp3) is 0.250. The molecule has 2 N–H and O–H groups in total. The average Bonchev–Trinajstić information content (AvgIpc) is 2.88. The number of hydrogen-bond acceptors (Lipinski definition) is 4. The molecular weight excluding hydrogens is 362 g/mol. The quantitative estimate of drug-likeness (QED) is 0.881. The molecule has 2 heterocycles. The lowest BCUT2D eigenvalue weighted by atomic mass is 10.0. The molecule has 0 atom stereocenters. The van der Waals surface area contributed by atoms with Crippen molar-refractivity contribution in [2.24, 2.45) is 5.73 Å². The van der Waals surface area contributed by atoms with E-state index in [2.05, 4.69) is 11.2 Å². The number of likely N-dealkylation sites (N-methyl/N-ethyl adjacent to an activating group) is 1. The van der Waals surface area contributed by atoms with Gasteiger partial charge in [-0.15, -0.1) is 0 Å². The first-order chi connectivity index (χ1) is 12.8. The smallest absolute Gasteiger partial charge is 0.264 e. The first-order valence-corrected chi connectivity index (χ1v) is 8.84. The molecule has 3 rings (SSSR count). The number of carbonyl (C=O) groups excluding carboxylic acids is 1. The van der Waals surface area contributed by atoms with Gasteiger partial charge in [0.15, 0.2) is 0 Å². The maximum atomic E-state index is 11.4. The van der Waals surface area contributed by atoms with E-state index in [-0.39, 0.29) is 0 Å². The minimum absolute atomic E-state index is 0.432. The summed E-state index contributed by atoms with van der Waals surface area (Å²) in [7, 11) is 1.84. The van der Waals surface area contributed by atoms with Crippen molar-refractivity contribution in [3.05, 3.63) is 63.6 Å². The van der Waals surface area contributed by atoms with Crippen LogP contribution < -0.4 is 5.73 Å². The van der Waals surface area contributed by atoms with Crippen LogP contribution in [0.5, 0.6) is 0 Å². The van der Waals surface area contributed by atoms with Crippen LogP contribution in [0.25, 0.3) is 11.1 Å². The SMILES string of the molecule is Cc1nn(CC2=CC=C(C(N)=O)N(C)C2)c(C)c1-c1ccc(C#N)c(Cl)c1. The number of aromatic nitrogens is 2. The lowest BCUT2D eigenvalue weighted by molar-refractivity contribution is -0.115. The van der Waals surface area contributed by atoms with Gasteiger partial charge in [0.2, 0.25) is 0 Å². The van der Waals surface area contributed by atoms with E-state index in [1.807, 2.05) is 42.6 Å². The molecule has 0 fully saturated rings. The standard InChI is InChI=1S/C20H20ClN5O/c1-12-19(15-5-6-16(9-22)17(21)8-15)13(2)26(24-12)11-14-4-7-18(20(23)27)25(3)10-14/h4-8H,10-11H2,1-3H3,(H2,23,27). The Morgan fingerprint density at radius 2 is 2.11 bits per heavy atom. The minimum Gasteiger partial charge on any atom is -0.366 e. The van der Waals surface area contributed by atoms with Crippen LogP contribution in [0, 0.1) is 25.2 Å². The van der Waals surface area contributed by atoms with E-state index >= 15 is 0 Å². The molecule has 0 radical (unpaired) electrons. The Labute approximate surface area is 163 Å². The fourth-order valence-corrected chi connectivity index (χ4v) is 3.58. The Kier molecular flexibility index (Phi) is 5.06. The summed E-state index contributed by atoms with van der Waals surface area (Å²) in [4.78, 5) is 13.2. The van der Waals surface area contributed by atoms with Gasteiger partial charge in [0.1, 0.15) is 11.8 Å².